The van der Waals surface area contributed by atoms with Crippen molar-refractivity contribution in [3.05, 3.63) is 11.4 Å². The molecule has 68 valence electrons. The van der Waals surface area contributed by atoms with Gasteiger partial charge in [-0.05, 0) is 19.8 Å². The molecule has 0 unspecified atom stereocenters. The highest BCUT2D eigenvalue weighted by Crippen LogP contribution is 2.40. The molecule has 0 radical (unpaired) electrons. The van der Waals surface area contributed by atoms with Crippen molar-refractivity contribution in [2.75, 3.05) is 6.61 Å². The fraction of sp³-hybridized carbons (Fsp3) is 0.900. The van der Waals surface area contributed by atoms with E-state index in [1.54, 1.807) is 0 Å². The molecule has 1 rings (SSSR count). The Kier molecular flexibility index (Phi) is 2.74. The van der Waals surface area contributed by atoms with Crippen molar-refractivity contribution in [2.45, 2.75) is 45.3 Å². The van der Waals surface area contributed by atoms with Crippen molar-refractivity contribution < 1.29 is 4.74 Å². The van der Waals surface area contributed by atoms with Crippen molar-refractivity contribution >= 4 is 0 Å². The molecule has 1 aliphatic rings. The molecular formula is C10H17NO. The van der Waals surface area contributed by atoms with Crippen molar-refractivity contribution in [1.29, 1.82) is 0 Å². The summed E-state index contributed by atoms with van der Waals surface area (Å²) in [4.78, 5) is 3.60. The van der Waals surface area contributed by atoms with Crippen LogP contribution in [0, 0.1) is 12.5 Å². The van der Waals surface area contributed by atoms with Gasteiger partial charge in [-0.2, -0.15) is 0 Å². The number of nitrogens with zero attached hydrogens (tertiary/aromatic N) is 1. The fourth-order valence-corrected chi connectivity index (χ4v) is 1.72. The Bertz CT molecular complexity index is 187. The van der Waals surface area contributed by atoms with Crippen LogP contribution < -0.4 is 0 Å². The van der Waals surface area contributed by atoms with Crippen LogP contribution >= 0.6 is 0 Å². The summed E-state index contributed by atoms with van der Waals surface area (Å²) in [5.74, 6) is 0.631. The number of hydrogen-bond donors (Lipinski definition) is 0. The van der Waals surface area contributed by atoms with Gasteiger partial charge in [-0.1, -0.05) is 0 Å². The Labute approximate surface area is 74.7 Å². The van der Waals surface area contributed by atoms with Gasteiger partial charge in [-0.15, -0.1) is 0 Å². The van der Waals surface area contributed by atoms with Crippen LogP contribution in [0.4, 0.5) is 0 Å². The number of ether oxygens (including phenoxy) is 1. The molecule has 0 bridgehead atoms. The molecule has 0 saturated heterocycles. The van der Waals surface area contributed by atoms with E-state index in [0.717, 1.165) is 19.4 Å². The van der Waals surface area contributed by atoms with Gasteiger partial charge in [0.15, 0.2) is 0 Å². The maximum Gasteiger partial charge on any atom is 0.230 e. The zero-order chi connectivity index (χ0) is 9.19. The topological polar surface area (TPSA) is 13.6 Å². The molecule has 0 aliphatic heterocycles. The van der Waals surface area contributed by atoms with E-state index in [-0.39, 0.29) is 5.54 Å². The molecule has 0 aromatic carbocycles. The molecular weight excluding hydrogens is 150 g/mol. The second-order valence-electron chi connectivity index (χ2n) is 4.27. The zero-order valence-corrected chi connectivity index (χ0v) is 8.13. The average molecular weight is 167 g/mol. The molecule has 1 saturated carbocycles. The van der Waals surface area contributed by atoms with E-state index in [0.29, 0.717) is 12.0 Å². The maximum atomic E-state index is 6.95. The average Bonchev–Trinajstić information content (AvgIpc) is 1.95. The van der Waals surface area contributed by atoms with E-state index in [4.69, 9.17) is 11.3 Å². The minimum Gasteiger partial charge on any atom is -0.378 e. The molecule has 1 aliphatic carbocycles. The summed E-state index contributed by atoms with van der Waals surface area (Å²) in [7, 11) is 0. The second kappa shape index (κ2) is 3.45. The van der Waals surface area contributed by atoms with Crippen LogP contribution in [0.25, 0.3) is 4.85 Å². The van der Waals surface area contributed by atoms with Crippen LogP contribution in [0.1, 0.15) is 33.6 Å². The highest BCUT2D eigenvalue weighted by Gasteiger charge is 2.46. The number of rotatable bonds is 3. The summed E-state index contributed by atoms with van der Waals surface area (Å²) in [5, 5.41) is 0. The van der Waals surface area contributed by atoms with Gasteiger partial charge in [0.1, 0.15) is 0 Å². The SMILES string of the molecule is [C-]#[N+]C1(C)CC(COC(C)C)C1. The van der Waals surface area contributed by atoms with E-state index >= 15 is 0 Å². The van der Waals surface area contributed by atoms with E-state index in [2.05, 4.69) is 4.85 Å². The quantitative estimate of drug-likeness (QED) is 0.589. The standard InChI is InChI=1S/C10H17NO/c1-8(2)12-7-9-5-10(3,6-9)11-4/h8-9H,5-7H2,1-3H3. The predicted molar refractivity (Wildman–Crippen MR) is 48.8 cm³/mol. The molecule has 0 N–H and O–H groups in total. The first-order valence-corrected chi connectivity index (χ1v) is 4.56. The molecule has 0 spiro atoms. The van der Waals surface area contributed by atoms with Crippen molar-refractivity contribution in [3.8, 4) is 0 Å². The molecule has 12 heavy (non-hydrogen) atoms. The highest BCUT2D eigenvalue weighted by atomic mass is 16.5. The lowest BCUT2D eigenvalue weighted by Crippen LogP contribution is -2.40. The van der Waals surface area contributed by atoms with Gasteiger partial charge in [0, 0.05) is 19.8 Å². The summed E-state index contributed by atoms with van der Waals surface area (Å²) >= 11 is 0. The third-order valence-corrected chi connectivity index (χ3v) is 2.39. The summed E-state index contributed by atoms with van der Waals surface area (Å²) in [6, 6.07) is 0. The maximum absolute atomic E-state index is 6.95. The highest BCUT2D eigenvalue weighted by molar-refractivity contribution is 5.05. The van der Waals surface area contributed by atoms with Gasteiger partial charge in [0.05, 0.1) is 12.7 Å². The van der Waals surface area contributed by atoms with Crippen LogP contribution in [0.5, 0.6) is 0 Å². The summed E-state index contributed by atoms with van der Waals surface area (Å²) in [6.45, 7) is 13.9. The van der Waals surface area contributed by atoms with Crippen LogP contribution in [0.15, 0.2) is 0 Å². The lowest BCUT2D eigenvalue weighted by atomic mass is 9.70. The van der Waals surface area contributed by atoms with Gasteiger partial charge < -0.3 is 9.58 Å². The van der Waals surface area contributed by atoms with Gasteiger partial charge >= 0.3 is 0 Å². The molecule has 2 nitrogen and oxygen atoms in total. The summed E-state index contributed by atoms with van der Waals surface area (Å²) in [6.07, 6.45) is 2.36. The monoisotopic (exact) mass is 167 g/mol. The molecule has 1 fully saturated rings. The van der Waals surface area contributed by atoms with Crippen molar-refractivity contribution in [3.63, 3.8) is 0 Å². The molecule has 0 aromatic heterocycles. The Morgan fingerprint density at radius 2 is 2.17 bits per heavy atom. The lowest BCUT2D eigenvalue weighted by Gasteiger charge is -2.35. The Balaban J connectivity index is 2.15. The largest absolute Gasteiger partial charge is 0.378 e. The summed E-state index contributed by atoms with van der Waals surface area (Å²) < 4.78 is 5.48. The third kappa shape index (κ3) is 2.22. The van der Waals surface area contributed by atoms with Gasteiger partial charge in [0.25, 0.3) is 0 Å². The predicted octanol–water partition coefficient (Wildman–Crippen LogP) is 2.50. The lowest BCUT2D eigenvalue weighted by molar-refractivity contribution is 0.0135. The Morgan fingerprint density at radius 3 is 2.58 bits per heavy atom. The first-order valence-electron chi connectivity index (χ1n) is 4.56. The number of hydrogen-bond acceptors (Lipinski definition) is 1. The summed E-state index contributed by atoms with van der Waals surface area (Å²) in [5.41, 5.74) is -0.0645. The van der Waals surface area contributed by atoms with E-state index in [9.17, 15) is 0 Å². The minimum atomic E-state index is -0.0645. The van der Waals surface area contributed by atoms with Crippen LogP contribution in [-0.2, 0) is 4.74 Å². The van der Waals surface area contributed by atoms with E-state index in [1.807, 2.05) is 20.8 Å². The Hall–Kier alpha value is -0.550. The zero-order valence-electron chi connectivity index (χ0n) is 8.13. The molecule has 0 aromatic rings. The minimum absolute atomic E-state index is 0.0645. The normalized spacial score (nSPS) is 34.4. The fourth-order valence-electron chi connectivity index (χ4n) is 1.72. The molecule has 0 heterocycles. The smallest absolute Gasteiger partial charge is 0.230 e. The Morgan fingerprint density at radius 1 is 1.58 bits per heavy atom. The van der Waals surface area contributed by atoms with Crippen molar-refractivity contribution in [1.82, 2.24) is 0 Å². The van der Waals surface area contributed by atoms with Crippen molar-refractivity contribution in [2.24, 2.45) is 5.92 Å². The van der Waals surface area contributed by atoms with Crippen LogP contribution in [0.2, 0.25) is 0 Å². The first kappa shape index (κ1) is 9.54. The van der Waals surface area contributed by atoms with Gasteiger partial charge in [0.2, 0.25) is 5.54 Å². The molecule has 0 atom stereocenters. The molecule has 0 amide bonds. The van der Waals surface area contributed by atoms with Crippen LogP contribution in [0.3, 0.4) is 0 Å². The van der Waals surface area contributed by atoms with Gasteiger partial charge in [-0.3, -0.25) is 0 Å². The van der Waals surface area contributed by atoms with E-state index in [1.165, 1.54) is 0 Å². The third-order valence-electron chi connectivity index (χ3n) is 2.39. The molecule has 2 heteroatoms. The van der Waals surface area contributed by atoms with Crippen LogP contribution in [-0.4, -0.2) is 18.2 Å². The first-order chi connectivity index (χ1) is 5.56. The van der Waals surface area contributed by atoms with E-state index < -0.39 is 0 Å². The second-order valence-corrected chi connectivity index (χ2v) is 4.27. The van der Waals surface area contributed by atoms with Gasteiger partial charge in [-0.25, -0.2) is 6.57 Å².